The molecule has 0 aliphatic rings. The van der Waals surface area contributed by atoms with Crippen LogP contribution in [0.15, 0.2) is 71.4 Å². The van der Waals surface area contributed by atoms with Crippen molar-refractivity contribution in [3.8, 4) is 40.4 Å². The maximum Gasteiger partial charge on any atom is 0.268 e. The Hall–Kier alpha value is -3.85. The molecule has 0 spiro atoms. The van der Waals surface area contributed by atoms with Gasteiger partial charge < -0.3 is 4.42 Å². The highest BCUT2D eigenvalue weighted by Gasteiger charge is 2.14. The second-order valence-electron chi connectivity index (χ2n) is 5.56. The molecule has 0 bridgehead atoms. The molecule has 0 saturated carbocycles. The Bertz CT molecular complexity index is 1080. The third-order valence-electron chi connectivity index (χ3n) is 3.86. The van der Waals surface area contributed by atoms with Crippen LogP contribution in [0.25, 0.3) is 34.3 Å². The van der Waals surface area contributed by atoms with Gasteiger partial charge in [-0.25, -0.2) is 4.98 Å². The van der Waals surface area contributed by atoms with Crippen molar-refractivity contribution in [2.24, 2.45) is 0 Å². The minimum atomic E-state index is 0.302. The second kappa shape index (κ2) is 6.95. The normalized spacial score (nSPS) is 10.4. The standard InChI is InChI=1S/C20H13N5O/c21-11-10-14-6-4-5-9-16(14)17-12-22-13-18(23-17)20-25-24-19(26-20)15-7-2-1-3-8-15/h1-9,12-13H,10H2. The molecular weight excluding hydrogens is 326 g/mol. The zero-order valence-electron chi connectivity index (χ0n) is 13.7. The van der Waals surface area contributed by atoms with Gasteiger partial charge in [-0.2, -0.15) is 5.26 Å². The lowest BCUT2D eigenvalue weighted by molar-refractivity contribution is 0.582. The minimum Gasteiger partial charge on any atom is -0.415 e. The minimum absolute atomic E-state index is 0.302. The zero-order chi connectivity index (χ0) is 17.8. The van der Waals surface area contributed by atoms with Gasteiger partial charge in [0.25, 0.3) is 5.89 Å². The highest BCUT2D eigenvalue weighted by molar-refractivity contribution is 5.65. The van der Waals surface area contributed by atoms with Crippen LogP contribution in [0.4, 0.5) is 0 Å². The lowest BCUT2D eigenvalue weighted by Crippen LogP contribution is -1.94. The van der Waals surface area contributed by atoms with Crippen molar-refractivity contribution in [3.05, 3.63) is 72.6 Å². The van der Waals surface area contributed by atoms with E-state index in [0.717, 1.165) is 16.7 Å². The second-order valence-corrected chi connectivity index (χ2v) is 5.56. The van der Waals surface area contributed by atoms with Crippen molar-refractivity contribution >= 4 is 0 Å². The molecule has 124 valence electrons. The summed E-state index contributed by atoms with van der Waals surface area (Å²) in [6.45, 7) is 0. The van der Waals surface area contributed by atoms with E-state index in [1.165, 1.54) is 0 Å². The molecule has 2 aromatic carbocycles. The van der Waals surface area contributed by atoms with Crippen LogP contribution in [0.3, 0.4) is 0 Å². The van der Waals surface area contributed by atoms with E-state index in [1.54, 1.807) is 12.4 Å². The van der Waals surface area contributed by atoms with Gasteiger partial charge in [0.05, 0.1) is 30.6 Å². The predicted octanol–water partition coefficient (Wildman–Crippen LogP) is 3.93. The number of benzene rings is 2. The first-order chi connectivity index (χ1) is 12.8. The number of nitrogens with zero attached hydrogens (tertiary/aromatic N) is 5. The Morgan fingerprint density at radius 3 is 2.42 bits per heavy atom. The molecule has 0 fully saturated rings. The SMILES string of the molecule is N#CCc1ccccc1-c1cncc(-c2nnc(-c3ccccc3)o2)n1. The summed E-state index contributed by atoms with van der Waals surface area (Å²) in [5.41, 5.74) is 3.76. The first-order valence-electron chi connectivity index (χ1n) is 8.02. The van der Waals surface area contributed by atoms with Crippen molar-refractivity contribution in [1.82, 2.24) is 20.2 Å². The number of nitriles is 1. The van der Waals surface area contributed by atoms with Crippen molar-refractivity contribution in [2.45, 2.75) is 6.42 Å². The molecule has 0 aliphatic carbocycles. The van der Waals surface area contributed by atoms with Crippen LogP contribution in [0.5, 0.6) is 0 Å². The first kappa shape index (κ1) is 15.7. The summed E-state index contributed by atoms with van der Waals surface area (Å²) in [6, 6.07) is 19.4. The maximum absolute atomic E-state index is 9.02. The smallest absolute Gasteiger partial charge is 0.268 e. The Morgan fingerprint density at radius 2 is 1.58 bits per heavy atom. The van der Waals surface area contributed by atoms with E-state index in [4.69, 9.17) is 9.68 Å². The average Bonchev–Trinajstić information content (AvgIpc) is 3.20. The van der Waals surface area contributed by atoms with Gasteiger partial charge in [-0.15, -0.1) is 10.2 Å². The number of rotatable bonds is 4. The van der Waals surface area contributed by atoms with Gasteiger partial charge in [0, 0.05) is 11.1 Å². The van der Waals surface area contributed by atoms with Gasteiger partial charge in [0.2, 0.25) is 5.89 Å². The fourth-order valence-corrected chi connectivity index (χ4v) is 2.63. The molecule has 0 N–H and O–H groups in total. The molecule has 0 aliphatic heterocycles. The lowest BCUT2D eigenvalue weighted by atomic mass is 10.0. The molecule has 26 heavy (non-hydrogen) atoms. The van der Waals surface area contributed by atoms with Gasteiger partial charge in [-0.05, 0) is 17.7 Å². The van der Waals surface area contributed by atoms with Crippen LogP contribution in [0, 0.1) is 11.3 Å². The van der Waals surface area contributed by atoms with Crippen LogP contribution in [0.1, 0.15) is 5.56 Å². The van der Waals surface area contributed by atoms with Crippen LogP contribution in [0.2, 0.25) is 0 Å². The van der Waals surface area contributed by atoms with Crippen molar-refractivity contribution in [1.29, 1.82) is 5.26 Å². The van der Waals surface area contributed by atoms with E-state index in [2.05, 4.69) is 26.2 Å². The zero-order valence-corrected chi connectivity index (χ0v) is 13.7. The van der Waals surface area contributed by atoms with Gasteiger partial charge in [-0.1, -0.05) is 42.5 Å². The Kier molecular flexibility index (Phi) is 4.19. The fraction of sp³-hybridized carbons (Fsp3) is 0.0500. The molecule has 0 atom stereocenters. The van der Waals surface area contributed by atoms with E-state index in [9.17, 15) is 0 Å². The first-order valence-corrected chi connectivity index (χ1v) is 8.02. The summed E-state index contributed by atoms with van der Waals surface area (Å²) >= 11 is 0. The number of aromatic nitrogens is 4. The van der Waals surface area contributed by atoms with Gasteiger partial charge in [0.15, 0.2) is 0 Å². The summed E-state index contributed by atoms with van der Waals surface area (Å²) in [6.07, 6.45) is 3.55. The van der Waals surface area contributed by atoms with Gasteiger partial charge in [0.1, 0.15) is 5.69 Å². The van der Waals surface area contributed by atoms with Crippen LogP contribution >= 0.6 is 0 Å². The molecule has 2 aromatic heterocycles. The topological polar surface area (TPSA) is 88.5 Å². The van der Waals surface area contributed by atoms with E-state index < -0.39 is 0 Å². The summed E-state index contributed by atoms with van der Waals surface area (Å²) in [5.74, 6) is 0.730. The number of hydrogen-bond donors (Lipinski definition) is 0. The summed E-state index contributed by atoms with van der Waals surface area (Å²) in [7, 11) is 0. The molecular formula is C20H13N5O. The van der Waals surface area contributed by atoms with Gasteiger partial charge >= 0.3 is 0 Å². The van der Waals surface area contributed by atoms with Crippen molar-refractivity contribution < 1.29 is 4.42 Å². The number of hydrogen-bond acceptors (Lipinski definition) is 6. The molecule has 6 nitrogen and oxygen atoms in total. The molecule has 6 heteroatoms. The molecule has 0 unspecified atom stereocenters. The van der Waals surface area contributed by atoms with Crippen LogP contribution in [-0.4, -0.2) is 20.2 Å². The van der Waals surface area contributed by atoms with E-state index in [-0.39, 0.29) is 0 Å². The molecule has 0 amide bonds. The summed E-state index contributed by atoms with van der Waals surface area (Å²) in [4.78, 5) is 8.84. The highest BCUT2D eigenvalue weighted by atomic mass is 16.4. The molecule has 0 saturated heterocycles. The third kappa shape index (κ3) is 3.06. The van der Waals surface area contributed by atoms with Crippen LogP contribution in [-0.2, 0) is 6.42 Å². The molecule has 4 rings (SSSR count). The highest BCUT2D eigenvalue weighted by Crippen LogP contribution is 2.26. The summed E-state index contributed by atoms with van der Waals surface area (Å²) < 4.78 is 5.75. The Morgan fingerprint density at radius 1 is 0.846 bits per heavy atom. The monoisotopic (exact) mass is 339 g/mol. The van der Waals surface area contributed by atoms with E-state index in [1.807, 2.05) is 54.6 Å². The predicted molar refractivity (Wildman–Crippen MR) is 95.5 cm³/mol. The van der Waals surface area contributed by atoms with Crippen molar-refractivity contribution in [2.75, 3.05) is 0 Å². The van der Waals surface area contributed by atoms with E-state index >= 15 is 0 Å². The molecule has 4 aromatic rings. The molecule has 0 radical (unpaired) electrons. The van der Waals surface area contributed by atoms with E-state index in [0.29, 0.717) is 29.6 Å². The largest absolute Gasteiger partial charge is 0.415 e. The quantitative estimate of drug-likeness (QED) is 0.560. The molecule has 2 heterocycles. The van der Waals surface area contributed by atoms with Crippen molar-refractivity contribution in [3.63, 3.8) is 0 Å². The fourth-order valence-electron chi connectivity index (χ4n) is 2.63. The van der Waals surface area contributed by atoms with Crippen LogP contribution < -0.4 is 0 Å². The third-order valence-corrected chi connectivity index (χ3v) is 3.86. The van der Waals surface area contributed by atoms with Gasteiger partial charge in [-0.3, -0.25) is 4.98 Å². The Balaban J connectivity index is 1.72. The maximum atomic E-state index is 9.02. The average molecular weight is 339 g/mol. The summed E-state index contributed by atoms with van der Waals surface area (Å²) in [5, 5.41) is 17.2. The Labute approximate surface area is 149 Å². The lowest BCUT2D eigenvalue weighted by Gasteiger charge is -2.06.